The Morgan fingerprint density at radius 3 is 2.00 bits per heavy atom. The Morgan fingerprint density at radius 1 is 1.10 bits per heavy atom. The first-order valence-corrected chi connectivity index (χ1v) is 7.29. The molecule has 0 saturated carbocycles. The van der Waals surface area contributed by atoms with Gasteiger partial charge in [0.05, 0.1) is 0 Å². The number of unbranched alkanes of at least 4 members (excludes halogenated alkanes) is 2. The van der Waals surface area contributed by atoms with Gasteiger partial charge in [0.25, 0.3) is 0 Å². The second-order valence-electron chi connectivity index (χ2n) is 4.96. The molecule has 1 atom stereocenters. The molecule has 2 N–H and O–H groups in total. The SMILES string of the molecule is CCCCN(CCCC)C(C(N)=O)c1ccccc1.Cl. The summed E-state index contributed by atoms with van der Waals surface area (Å²) in [6.45, 7) is 6.19. The fourth-order valence-corrected chi connectivity index (χ4v) is 2.28. The number of halogens is 1. The van der Waals surface area contributed by atoms with E-state index in [4.69, 9.17) is 5.73 Å². The Bertz CT molecular complexity index is 362. The molecule has 0 spiro atoms. The third-order valence-corrected chi connectivity index (χ3v) is 3.35. The average Bonchev–Trinajstić information content (AvgIpc) is 2.42. The molecule has 0 aliphatic carbocycles. The van der Waals surface area contributed by atoms with Crippen molar-refractivity contribution in [2.45, 2.75) is 45.6 Å². The van der Waals surface area contributed by atoms with Gasteiger partial charge < -0.3 is 5.73 Å². The van der Waals surface area contributed by atoms with Crippen molar-refractivity contribution < 1.29 is 4.79 Å². The molecule has 114 valence electrons. The first-order valence-electron chi connectivity index (χ1n) is 7.29. The number of rotatable bonds is 9. The third-order valence-electron chi connectivity index (χ3n) is 3.35. The molecule has 1 unspecified atom stereocenters. The molecule has 0 saturated heterocycles. The lowest BCUT2D eigenvalue weighted by Crippen LogP contribution is -2.39. The quantitative estimate of drug-likeness (QED) is 0.758. The summed E-state index contributed by atoms with van der Waals surface area (Å²) in [4.78, 5) is 14.1. The van der Waals surface area contributed by atoms with Crippen molar-refractivity contribution in [1.82, 2.24) is 4.90 Å². The second kappa shape index (κ2) is 10.7. The van der Waals surface area contributed by atoms with Crippen LogP contribution in [0.4, 0.5) is 0 Å². The molecular weight excluding hydrogens is 272 g/mol. The predicted octanol–water partition coefficient (Wildman–Crippen LogP) is 3.54. The van der Waals surface area contributed by atoms with E-state index in [0.717, 1.165) is 44.3 Å². The number of carbonyl (C=O) groups excluding carboxylic acids is 1. The molecule has 1 aromatic carbocycles. The van der Waals surface area contributed by atoms with E-state index in [1.807, 2.05) is 30.3 Å². The lowest BCUT2D eigenvalue weighted by Gasteiger charge is -2.29. The maximum atomic E-state index is 11.8. The van der Waals surface area contributed by atoms with E-state index in [1.54, 1.807) is 0 Å². The minimum atomic E-state index is -0.292. The second-order valence-corrected chi connectivity index (χ2v) is 4.96. The van der Waals surface area contributed by atoms with Crippen LogP contribution < -0.4 is 5.73 Å². The number of primary amides is 1. The highest BCUT2D eigenvalue weighted by atomic mass is 35.5. The van der Waals surface area contributed by atoms with Crippen molar-refractivity contribution in [2.75, 3.05) is 13.1 Å². The van der Waals surface area contributed by atoms with Gasteiger partial charge in [-0.1, -0.05) is 57.0 Å². The maximum Gasteiger partial charge on any atom is 0.239 e. The van der Waals surface area contributed by atoms with Crippen LogP contribution in [0.5, 0.6) is 0 Å². The van der Waals surface area contributed by atoms with Gasteiger partial charge in [0.1, 0.15) is 6.04 Å². The first-order chi connectivity index (χ1) is 9.20. The Morgan fingerprint density at radius 2 is 1.60 bits per heavy atom. The minimum Gasteiger partial charge on any atom is -0.368 e. The lowest BCUT2D eigenvalue weighted by molar-refractivity contribution is -0.123. The lowest BCUT2D eigenvalue weighted by atomic mass is 10.0. The maximum absolute atomic E-state index is 11.8. The van der Waals surface area contributed by atoms with Crippen LogP contribution in [0.1, 0.15) is 51.1 Å². The fourth-order valence-electron chi connectivity index (χ4n) is 2.28. The molecule has 0 fully saturated rings. The molecule has 0 aliphatic rings. The van der Waals surface area contributed by atoms with Crippen LogP contribution >= 0.6 is 12.4 Å². The van der Waals surface area contributed by atoms with Gasteiger partial charge in [0, 0.05) is 0 Å². The van der Waals surface area contributed by atoms with Gasteiger partial charge in [-0.2, -0.15) is 0 Å². The van der Waals surface area contributed by atoms with Gasteiger partial charge >= 0.3 is 0 Å². The van der Waals surface area contributed by atoms with E-state index in [2.05, 4.69) is 18.7 Å². The van der Waals surface area contributed by atoms with Crippen LogP contribution in [-0.4, -0.2) is 23.9 Å². The van der Waals surface area contributed by atoms with Crippen LogP contribution in [-0.2, 0) is 4.79 Å². The van der Waals surface area contributed by atoms with E-state index in [0.29, 0.717) is 0 Å². The van der Waals surface area contributed by atoms with Crippen LogP contribution in [0.25, 0.3) is 0 Å². The number of nitrogens with two attached hydrogens (primary N) is 1. The van der Waals surface area contributed by atoms with Crippen LogP contribution in [0, 0.1) is 0 Å². The Labute approximate surface area is 128 Å². The molecule has 0 aromatic heterocycles. The topological polar surface area (TPSA) is 46.3 Å². The Balaban J connectivity index is 0.00000361. The van der Waals surface area contributed by atoms with E-state index in [-0.39, 0.29) is 24.4 Å². The fraction of sp³-hybridized carbons (Fsp3) is 0.562. The first kappa shape index (κ1) is 18.9. The van der Waals surface area contributed by atoms with Gasteiger partial charge in [0.2, 0.25) is 5.91 Å². The highest BCUT2D eigenvalue weighted by molar-refractivity contribution is 5.85. The summed E-state index contributed by atoms with van der Waals surface area (Å²) < 4.78 is 0. The van der Waals surface area contributed by atoms with Crippen LogP contribution in [0.3, 0.4) is 0 Å². The Hall–Kier alpha value is -1.06. The van der Waals surface area contributed by atoms with Crippen molar-refractivity contribution in [1.29, 1.82) is 0 Å². The highest BCUT2D eigenvalue weighted by Crippen LogP contribution is 2.21. The summed E-state index contributed by atoms with van der Waals surface area (Å²) in [5, 5.41) is 0. The van der Waals surface area contributed by atoms with Gasteiger partial charge in [0.15, 0.2) is 0 Å². The highest BCUT2D eigenvalue weighted by Gasteiger charge is 2.24. The molecule has 1 rings (SSSR count). The zero-order chi connectivity index (χ0) is 14.1. The van der Waals surface area contributed by atoms with Crippen LogP contribution in [0.2, 0.25) is 0 Å². The standard InChI is InChI=1S/C16H26N2O.ClH/c1-3-5-12-18(13-6-4-2)15(16(17)19)14-10-8-7-9-11-14;/h7-11,15H,3-6,12-13H2,1-2H3,(H2,17,19);1H. The molecule has 0 aliphatic heterocycles. The summed E-state index contributed by atoms with van der Waals surface area (Å²) >= 11 is 0. The minimum absolute atomic E-state index is 0. The number of amides is 1. The number of benzene rings is 1. The molecule has 1 aromatic rings. The summed E-state index contributed by atoms with van der Waals surface area (Å²) in [7, 11) is 0. The number of carbonyl (C=O) groups is 1. The third kappa shape index (κ3) is 5.93. The van der Waals surface area contributed by atoms with Crippen molar-refractivity contribution in [2.24, 2.45) is 5.73 Å². The molecule has 1 amide bonds. The van der Waals surface area contributed by atoms with Crippen molar-refractivity contribution >= 4 is 18.3 Å². The van der Waals surface area contributed by atoms with Crippen molar-refractivity contribution in [3.8, 4) is 0 Å². The molecule has 0 heterocycles. The van der Waals surface area contributed by atoms with Crippen LogP contribution in [0.15, 0.2) is 30.3 Å². The largest absolute Gasteiger partial charge is 0.368 e. The Kier molecular flexibility index (Phi) is 10.1. The smallest absolute Gasteiger partial charge is 0.239 e. The number of hydrogen-bond donors (Lipinski definition) is 1. The molecule has 4 heteroatoms. The zero-order valence-electron chi connectivity index (χ0n) is 12.5. The summed E-state index contributed by atoms with van der Waals surface area (Å²) in [5.41, 5.74) is 6.63. The van der Waals surface area contributed by atoms with Gasteiger partial charge in [-0.15, -0.1) is 12.4 Å². The molecular formula is C16H27ClN2O. The van der Waals surface area contributed by atoms with E-state index >= 15 is 0 Å². The van der Waals surface area contributed by atoms with E-state index in [9.17, 15) is 4.79 Å². The van der Waals surface area contributed by atoms with E-state index in [1.165, 1.54) is 0 Å². The van der Waals surface area contributed by atoms with Gasteiger partial charge in [-0.25, -0.2) is 0 Å². The van der Waals surface area contributed by atoms with Crippen molar-refractivity contribution in [3.05, 3.63) is 35.9 Å². The van der Waals surface area contributed by atoms with Gasteiger partial charge in [-0.05, 0) is 31.5 Å². The summed E-state index contributed by atoms with van der Waals surface area (Å²) in [5.74, 6) is -0.251. The summed E-state index contributed by atoms with van der Waals surface area (Å²) in [6.07, 6.45) is 4.45. The number of nitrogens with zero attached hydrogens (tertiary/aromatic N) is 1. The summed E-state index contributed by atoms with van der Waals surface area (Å²) in [6, 6.07) is 9.57. The van der Waals surface area contributed by atoms with Gasteiger partial charge in [-0.3, -0.25) is 9.69 Å². The molecule has 20 heavy (non-hydrogen) atoms. The normalized spacial score (nSPS) is 11.9. The number of hydrogen-bond acceptors (Lipinski definition) is 2. The zero-order valence-corrected chi connectivity index (χ0v) is 13.4. The van der Waals surface area contributed by atoms with E-state index < -0.39 is 0 Å². The molecule has 3 nitrogen and oxygen atoms in total. The monoisotopic (exact) mass is 298 g/mol. The average molecular weight is 299 g/mol. The predicted molar refractivity (Wildman–Crippen MR) is 87.0 cm³/mol. The molecule has 0 radical (unpaired) electrons. The molecule has 0 bridgehead atoms. The van der Waals surface area contributed by atoms with Crippen molar-refractivity contribution in [3.63, 3.8) is 0 Å².